The van der Waals surface area contributed by atoms with Gasteiger partial charge < -0.3 is 9.84 Å². The average molecular weight is 361 g/mol. The van der Waals surface area contributed by atoms with Gasteiger partial charge in [-0.25, -0.2) is 4.68 Å². The van der Waals surface area contributed by atoms with Crippen molar-refractivity contribution in [3.8, 4) is 17.2 Å². The van der Waals surface area contributed by atoms with Crippen LogP contribution in [0, 0.1) is 0 Å². The van der Waals surface area contributed by atoms with Crippen LogP contribution in [0.4, 0.5) is 0 Å². The summed E-state index contributed by atoms with van der Waals surface area (Å²) in [4.78, 5) is 12.5. The molecule has 0 saturated carbocycles. The molecule has 2 aromatic carbocycles. The number of phenols is 1. The fourth-order valence-corrected chi connectivity index (χ4v) is 2.47. The Morgan fingerprint density at radius 1 is 1.26 bits per heavy atom. The van der Waals surface area contributed by atoms with Gasteiger partial charge in [-0.2, -0.15) is 0 Å². The van der Waals surface area contributed by atoms with Crippen molar-refractivity contribution in [2.45, 2.75) is 6.92 Å². The number of hydrogen-bond donors (Lipinski definition) is 1. The molecule has 0 fully saturated rings. The van der Waals surface area contributed by atoms with Crippen LogP contribution in [0.5, 0.6) is 11.5 Å². The number of phenolic OH excluding ortho intramolecular Hbond substituents is 1. The quantitative estimate of drug-likeness (QED) is 0.532. The van der Waals surface area contributed by atoms with Gasteiger partial charge in [-0.15, -0.1) is 5.10 Å². The average Bonchev–Trinajstić information content (AvgIpc) is 3.17. The van der Waals surface area contributed by atoms with Crippen LogP contribution in [-0.4, -0.2) is 33.0 Å². The van der Waals surface area contributed by atoms with Crippen molar-refractivity contribution in [3.05, 3.63) is 78.1 Å². The van der Waals surface area contributed by atoms with E-state index in [0.717, 1.165) is 11.3 Å². The number of hydrogen-bond acceptors (Lipinski definition) is 5. The van der Waals surface area contributed by atoms with Gasteiger partial charge in [-0.3, -0.25) is 4.79 Å². The second-order valence-electron chi connectivity index (χ2n) is 6.01. The predicted molar refractivity (Wildman–Crippen MR) is 104 cm³/mol. The Morgan fingerprint density at radius 3 is 2.74 bits per heavy atom. The van der Waals surface area contributed by atoms with Crippen molar-refractivity contribution in [2.75, 3.05) is 7.11 Å². The van der Waals surface area contributed by atoms with Crippen LogP contribution in [-0.2, 0) is 0 Å². The van der Waals surface area contributed by atoms with Gasteiger partial charge in [0, 0.05) is 5.56 Å². The molecule has 1 N–H and O–H groups in total. The number of rotatable bonds is 6. The van der Waals surface area contributed by atoms with Crippen molar-refractivity contribution >= 4 is 17.4 Å². The molecule has 1 heterocycles. The maximum Gasteiger partial charge on any atom is 0.185 e. The third-order valence-electron chi connectivity index (χ3n) is 3.96. The Hall–Kier alpha value is -3.67. The lowest BCUT2D eigenvalue weighted by Gasteiger charge is -2.04. The Balaban J connectivity index is 1.80. The molecule has 136 valence electrons. The Bertz CT molecular complexity index is 1030. The van der Waals surface area contributed by atoms with Gasteiger partial charge in [0.1, 0.15) is 5.69 Å². The predicted octanol–water partition coefficient (Wildman–Crippen LogP) is 3.91. The lowest BCUT2D eigenvalue weighted by molar-refractivity contribution is 0.104. The summed E-state index contributed by atoms with van der Waals surface area (Å²) in [7, 11) is 1.48. The molecule has 27 heavy (non-hydrogen) atoms. The van der Waals surface area contributed by atoms with Gasteiger partial charge in [-0.1, -0.05) is 36.1 Å². The number of ether oxygens (including phenoxy) is 1. The topological polar surface area (TPSA) is 77.2 Å². The summed E-state index contributed by atoms with van der Waals surface area (Å²) in [5.41, 5.74) is 3.47. The maximum atomic E-state index is 12.5. The monoisotopic (exact) mass is 361 g/mol. The molecule has 6 heteroatoms. The number of methoxy groups -OCH3 is 1. The van der Waals surface area contributed by atoms with Crippen LogP contribution in [0.25, 0.3) is 17.3 Å². The van der Waals surface area contributed by atoms with E-state index >= 15 is 0 Å². The smallest absolute Gasteiger partial charge is 0.185 e. The van der Waals surface area contributed by atoms with Crippen molar-refractivity contribution in [1.82, 2.24) is 15.0 Å². The number of benzene rings is 2. The Morgan fingerprint density at radius 2 is 2.07 bits per heavy atom. The molecule has 0 aliphatic heterocycles. The molecule has 0 amide bonds. The number of carbonyl (C=O) groups is 1. The minimum Gasteiger partial charge on any atom is -0.504 e. The summed E-state index contributed by atoms with van der Waals surface area (Å²) in [5.74, 6) is 0.245. The zero-order valence-corrected chi connectivity index (χ0v) is 15.1. The standard InChI is InChI=1S/C21H19N3O3/c1-14(2)18-13-24(23-22-18)17-6-4-5-16(12-17)19(25)9-7-15-8-10-21(27-3)20(26)11-15/h4-13,26H,1H2,2-3H3/b9-7+. The molecular formula is C21H19N3O3. The van der Waals surface area contributed by atoms with E-state index in [0.29, 0.717) is 22.6 Å². The molecule has 0 aliphatic carbocycles. The highest BCUT2D eigenvalue weighted by atomic mass is 16.5. The maximum absolute atomic E-state index is 12.5. The first-order valence-electron chi connectivity index (χ1n) is 8.26. The van der Waals surface area contributed by atoms with Crippen LogP contribution in [0.15, 0.2) is 61.3 Å². The second-order valence-corrected chi connectivity index (χ2v) is 6.01. The number of allylic oxidation sites excluding steroid dienone is 2. The first-order chi connectivity index (χ1) is 13.0. The van der Waals surface area contributed by atoms with Crippen molar-refractivity contribution in [3.63, 3.8) is 0 Å². The SMILES string of the molecule is C=C(C)c1cn(-c2cccc(C(=O)/C=C/c3ccc(OC)c(O)c3)c2)nn1. The largest absolute Gasteiger partial charge is 0.504 e. The van der Waals surface area contributed by atoms with E-state index in [-0.39, 0.29) is 11.5 Å². The number of aromatic nitrogens is 3. The number of ketones is 1. The molecule has 3 aromatic rings. The zero-order valence-electron chi connectivity index (χ0n) is 15.1. The number of carbonyl (C=O) groups excluding carboxylic acids is 1. The molecule has 0 atom stereocenters. The third kappa shape index (κ3) is 4.12. The van der Waals surface area contributed by atoms with E-state index in [1.807, 2.05) is 13.0 Å². The number of aromatic hydroxyl groups is 1. The summed E-state index contributed by atoms with van der Waals surface area (Å²) in [6.07, 6.45) is 4.87. The highest BCUT2D eigenvalue weighted by Gasteiger charge is 2.07. The Labute approximate surface area is 157 Å². The summed E-state index contributed by atoms with van der Waals surface area (Å²) in [6.45, 7) is 5.70. The minimum absolute atomic E-state index is 0.0218. The van der Waals surface area contributed by atoms with E-state index < -0.39 is 0 Å². The van der Waals surface area contributed by atoms with Gasteiger partial charge in [0.05, 0.1) is 19.0 Å². The van der Waals surface area contributed by atoms with Crippen LogP contribution in [0.3, 0.4) is 0 Å². The van der Waals surface area contributed by atoms with Crippen LogP contribution in [0.1, 0.15) is 28.5 Å². The van der Waals surface area contributed by atoms with Crippen molar-refractivity contribution < 1.29 is 14.6 Å². The molecule has 0 aliphatic rings. The van der Waals surface area contributed by atoms with Crippen LogP contribution >= 0.6 is 0 Å². The normalized spacial score (nSPS) is 10.9. The number of nitrogens with zero attached hydrogens (tertiary/aromatic N) is 3. The van der Waals surface area contributed by atoms with Gasteiger partial charge in [-0.05, 0) is 48.4 Å². The van der Waals surface area contributed by atoms with Crippen molar-refractivity contribution in [1.29, 1.82) is 0 Å². The molecule has 0 spiro atoms. The van der Waals surface area contributed by atoms with Gasteiger partial charge in [0.25, 0.3) is 0 Å². The van der Waals surface area contributed by atoms with E-state index in [4.69, 9.17) is 4.74 Å². The first-order valence-corrected chi connectivity index (χ1v) is 8.26. The summed E-state index contributed by atoms with van der Waals surface area (Å²) in [6, 6.07) is 12.1. The van der Waals surface area contributed by atoms with E-state index in [9.17, 15) is 9.90 Å². The highest BCUT2D eigenvalue weighted by molar-refractivity contribution is 6.07. The molecule has 0 radical (unpaired) electrons. The molecule has 3 rings (SSSR count). The van der Waals surface area contributed by atoms with Crippen LogP contribution in [0.2, 0.25) is 0 Å². The molecular weight excluding hydrogens is 342 g/mol. The van der Waals surface area contributed by atoms with Gasteiger partial charge >= 0.3 is 0 Å². The second kappa shape index (κ2) is 7.70. The summed E-state index contributed by atoms with van der Waals surface area (Å²) >= 11 is 0. The molecule has 0 saturated heterocycles. The summed E-state index contributed by atoms with van der Waals surface area (Å²) < 4.78 is 6.61. The summed E-state index contributed by atoms with van der Waals surface area (Å²) in [5, 5.41) is 17.9. The third-order valence-corrected chi connectivity index (χ3v) is 3.96. The molecule has 0 unspecified atom stereocenters. The first kappa shape index (κ1) is 18.1. The molecule has 0 bridgehead atoms. The fourth-order valence-electron chi connectivity index (χ4n) is 2.47. The molecule has 6 nitrogen and oxygen atoms in total. The van der Waals surface area contributed by atoms with E-state index in [1.165, 1.54) is 19.3 Å². The lowest BCUT2D eigenvalue weighted by Crippen LogP contribution is -1.99. The van der Waals surface area contributed by atoms with E-state index in [1.54, 1.807) is 47.3 Å². The molecule has 1 aromatic heterocycles. The lowest BCUT2D eigenvalue weighted by atomic mass is 10.1. The van der Waals surface area contributed by atoms with E-state index in [2.05, 4.69) is 16.9 Å². The fraction of sp³-hybridized carbons (Fsp3) is 0.0952. The highest BCUT2D eigenvalue weighted by Crippen LogP contribution is 2.26. The zero-order chi connectivity index (χ0) is 19.4. The minimum atomic E-state index is -0.160. The van der Waals surface area contributed by atoms with Gasteiger partial charge in [0.2, 0.25) is 0 Å². The van der Waals surface area contributed by atoms with Crippen molar-refractivity contribution in [2.24, 2.45) is 0 Å². The van der Waals surface area contributed by atoms with Gasteiger partial charge in [0.15, 0.2) is 17.3 Å². The Kier molecular flexibility index (Phi) is 5.17. The van der Waals surface area contributed by atoms with Crippen LogP contribution < -0.4 is 4.74 Å².